The maximum atomic E-state index is 11.4. The Labute approximate surface area is 126 Å². The van der Waals surface area contributed by atoms with E-state index in [9.17, 15) is 4.79 Å². The molecule has 0 saturated carbocycles. The van der Waals surface area contributed by atoms with Gasteiger partial charge in [-0.3, -0.25) is 0 Å². The molecule has 0 spiro atoms. The van der Waals surface area contributed by atoms with Crippen molar-refractivity contribution in [3.8, 4) is 5.75 Å². The first-order chi connectivity index (χ1) is 10.2. The molecule has 7 heteroatoms. The molecule has 21 heavy (non-hydrogen) atoms. The van der Waals surface area contributed by atoms with Gasteiger partial charge in [-0.25, -0.2) is 4.79 Å². The van der Waals surface area contributed by atoms with E-state index in [0.717, 1.165) is 11.3 Å². The lowest BCUT2D eigenvalue weighted by Gasteiger charge is -2.08. The van der Waals surface area contributed by atoms with Crippen LogP contribution in [-0.4, -0.2) is 29.4 Å². The standard InChI is InChI=1S/C14H16N2O4S/c1-3-18-11-8-6-5-7-10(11)9-21-14-16-15-12(20-14)13(17)19-4-2/h5-8H,3-4,9H2,1-2H3. The molecule has 2 rings (SSSR count). The van der Waals surface area contributed by atoms with E-state index < -0.39 is 5.97 Å². The number of nitrogens with zero attached hydrogens (tertiary/aromatic N) is 2. The largest absolute Gasteiger partial charge is 0.494 e. The Balaban J connectivity index is 1.99. The number of hydrogen-bond acceptors (Lipinski definition) is 7. The summed E-state index contributed by atoms with van der Waals surface area (Å²) in [5, 5.41) is 7.80. The van der Waals surface area contributed by atoms with Gasteiger partial charge in [0.1, 0.15) is 5.75 Å². The zero-order valence-electron chi connectivity index (χ0n) is 11.9. The maximum Gasteiger partial charge on any atom is 0.396 e. The van der Waals surface area contributed by atoms with Gasteiger partial charge in [-0.1, -0.05) is 35.1 Å². The zero-order chi connectivity index (χ0) is 15.1. The van der Waals surface area contributed by atoms with Crippen LogP contribution in [0.1, 0.15) is 30.1 Å². The molecule has 0 amide bonds. The van der Waals surface area contributed by atoms with Crippen molar-refractivity contribution < 1.29 is 18.7 Å². The summed E-state index contributed by atoms with van der Waals surface area (Å²) in [5.41, 5.74) is 1.03. The highest BCUT2D eigenvalue weighted by atomic mass is 32.2. The first kappa shape index (κ1) is 15.4. The summed E-state index contributed by atoms with van der Waals surface area (Å²) < 4.78 is 15.6. The third kappa shape index (κ3) is 4.22. The predicted octanol–water partition coefficient (Wildman–Crippen LogP) is 2.94. The minimum atomic E-state index is -0.605. The zero-order valence-corrected chi connectivity index (χ0v) is 12.7. The molecule has 0 saturated heterocycles. The Morgan fingerprint density at radius 3 is 2.81 bits per heavy atom. The van der Waals surface area contributed by atoms with Crippen molar-refractivity contribution in [2.45, 2.75) is 24.8 Å². The molecule has 0 aliphatic rings. The van der Waals surface area contributed by atoms with Crippen LogP contribution in [0.15, 0.2) is 33.9 Å². The van der Waals surface area contributed by atoms with Gasteiger partial charge in [0.05, 0.1) is 13.2 Å². The molecule has 1 aromatic carbocycles. The highest BCUT2D eigenvalue weighted by Crippen LogP contribution is 2.27. The average Bonchev–Trinajstić information content (AvgIpc) is 2.96. The quantitative estimate of drug-likeness (QED) is 0.575. The van der Waals surface area contributed by atoms with Crippen molar-refractivity contribution in [1.82, 2.24) is 10.2 Å². The van der Waals surface area contributed by atoms with Gasteiger partial charge in [-0.2, -0.15) is 0 Å². The molecule has 1 heterocycles. The number of para-hydroxylation sites is 1. The Hall–Kier alpha value is -2.02. The van der Waals surface area contributed by atoms with E-state index in [1.54, 1.807) is 6.92 Å². The number of esters is 1. The van der Waals surface area contributed by atoms with Gasteiger partial charge < -0.3 is 13.9 Å². The van der Waals surface area contributed by atoms with Gasteiger partial charge in [0.2, 0.25) is 0 Å². The second-order valence-corrected chi connectivity index (χ2v) is 4.85. The highest BCUT2D eigenvalue weighted by Gasteiger charge is 2.16. The summed E-state index contributed by atoms with van der Waals surface area (Å²) in [6, 6.07) is 7.75. The van der Waals surface area contributed by atoms with Crippen LogP contribution in [-0.2, 0) is 10.5 Å². The summed E-state index contributed by atoms with van der Waals surface area (Å²) in [6.07, 6.45) is 0. The van der Waals surface area contributed by atoms with E-state index in [1.807, 2.05) is 31.2 Å². The number of rotatable bonds is 7. The SMILES string of the molecule is CCOC(=O)c1nnc(SCc2ccccc2OCC)o1. The van der Waals surface area contributed by atoms with E-state index in [-0.39, 0.29) is 12.5 Å². The Kier molecular flexibility index (Phi) is 5.62. The predicted molar refractivity (Wildman–Crippen MR) is 77.4 cm³/mol. The van der Waals surface area contributed by atoms with Crippen molar-refractivity contribution in [2.75, 3.05) is 13.2 Å². The van der Waals surface area contributed by atoms with E-state index in [1.165, 1.54) is 11.8 Å². The lowest BCUT2D eigenvalue weighted by atomic mass is 10.2. The summed E-state index contributed by atoms with van der Waals surface area (Å²) >= 11 is 1.34. The van der Waals surface area contributed by atoms with Crippen molar-refractivity contribution in [3.63, 3.8) is 0 Å². The van der Waals surface area contributed by atoms with E-state index in [0.29, 0.717) is 17.6 Å². The van der Waals surface area contributed by atoms with Crippen LogP contribution in [0.2, 0.25) is 0 Å². The van der Waals surface area contributed by atoms with Crippen LogP contribution in [0.4, 0.5) is 0 Å². The van der Waals surface area contributed by atoms with E-state index >= 15 is 0 Å². The number of carbonyl (C=O) groups is 1. The number of aromatic nitrogens is 2. The number of thioether (sulfide) groups is 1. The first-order valence-electron chi connectivity index (χ1n) is 6.58. The van der Waals surface area contributed by atoms with Crippen LogP contribution >= 0.6 is 11.8 Å². The summed E-state index contributed by atoms with van der Waals surface area (Å²) in [7, 11) is 0. The number of carbonyl (C=O) groups excluding carboxylic acids is 1. The fraction of sp³-hybridized carbons (Fsp3) is 0.357. The molecule has 2 aromatic rings. The molecule has 1 aromatic heterocycles. The molecule has 0 bridgehead atoms. The minimum absolute atomic E-state index is 0.127. The highest BCUT2D eigenvalue weighted by molar-refractivity contribution is 7.98. The molecule has 112 valence electrons. The number of ether oxygens (including phenoxy) is 2. The van der Waals surface area contributed by atoms with E-state index in [2.05, 4.69) is 10.2 Å². The Morgan fingerprint density at radius 1 is 1.24 bits per heavy atom. The van der Waals surface area contributed by atoms with Gasteiger partial charge in [0, 0.05) is 11.3 Å². The Bertz CT molecular complexity index is 600. The molecule has 6 nitrogen and oxygen atoms in total. The fourth-order valence-corrected chi connectivity index (χ4v) is 2.36. The van der Waals surface area contributed by atoms with Crippen LogP contribution in [0, 0.1) is 0 Å². The molecule has 0 N–H and O–H groups in total. The van der Waals surface area contributed by atoms with Crippen LogP contribution in [0.25, 0.3) is 0 Å². The molecule has 0 aliphatic carbocycles. The van der Waals surface area contributed by atoms with Gasteiger partial charge in [0.25, 0.3) is 5.22 Å². The second kappa shape index (κ2) is 7.68. The topological polar surface area (TPSA) is 74.5 Å². The molecule has 0 aliphatic heterocycles. The molecule has 0 atom stereocenters. The second-order valence-electron chi connectivity index (χ2n) is 3.92. The van der Waals surface area contributed by atoms with Crippen molar-refractivity contribution in [3.05, 3.63) is 35.7 Å². The number of benzene rings is 1. The fourth-order valence-electron chi connectivity index (χ4n) is 1.60. The minimum Gasteiger partial charge on any atom is -0.494 e. The van der Waals surface area contributed by atoms with Crippen LogP contribution in [0.3, 0.4) is 0 Å². The third-order valence-electron chi connectivity index (χ3n) is 2.48. The lowest BCUT2D eigenvalue weighted by Crippen LogP contribution is -2.04. The first-order valence-corrected chi connectivity index (χ1v) is 7.57. The van der Waals surface area contributed by atoms with Crippen molar-refractivity contribution >= 4 is 17.7 Å². The molecule has 0 radical (unpaired) electrons. The molecule has 0 unspecified atom stereocenters. The van der Waals surface area contributed by atoms with Gasteiger partial charge in [-0.15, -0.1) is 5.10 Å². The van der Waals surface area contributed by atoms with Crippen LogP contribution in [0.5, 0.6) is 5.75 Å². The monoisotopic (exact) mass is 308 g/mol. The van der Waals surface area contributed by atoms with Gasteiger partial charge in [-0.05, 0) is 19.9 Å². The third-order valence-corrected chi connectivity index (χ3v) is 3.35. The van der Waals surface area contributed by atoms with Crippen molar-refractivity contribution in [1.29, 1.82) is 0 Å². The lowest BCUT2D eigenvalue weighted by molar-refractivity contribution is 0.0475. The summed E-state index contributed by atoms with van der Waals surface area (Å²) in [5.74, 6) is 0.710. The Morgan fingerprint density at radius 2 is 2.05 bits per heavy atom. The summed E-state index contributed by atoms with van der Waals surface area (Å²) in [6.45, 7) is 4.53. The maximum absolute atomic E-state index is 11.4. The van der Waals surface area contributed by atoms with Gasteiger partial charge in [0.15, 0.2) is 0 Å². The molecular weight excluding hydrogens is 292 g/mol. The normalized spacial score (nSPS) is 10.4. The molecular formula is C14H16N2O4S. The number of hydrogen-bond donors (Lipinski definition) is 0. The van der Waals surface area contributed by atoms with Crippen molar-refractivity contribution in [2.24, 2.45) is 0 Å². The molecule has 0 fully saturated rings. The van der Waals surface area contributed by atoms with Gasteiger partial charge >= 0.3 is 11.9 Å². The average molecular weight is 308 g/mol. The smallest absolute Gasteiger partial charge is 0.396 e. The van der Waals surface area contributed by atoms with Crippen LogP contribution < -0.4 is 4.74 Å². The van der Waals surface area contributed by atoms with E-state index in [4.69, 9.17) is 13.9 Å². The summed E-state index contributed by atoms with van der Waals surface area (Å²) in [4.78, 5) is 11.4.